The third-order valence-electron chi connectivity index (χ3n) is 7.56. The lowest BCUT2D eigenvalue weighted by atomic mass is 9.71. The Morgan fingerprint density at radius 2 is 1.18 bits per heavy atom. The van der Waals surface area contributed by atoms with Crippen molar-refractivity contribution in [3.05, 3.63) is 42.5 Å². The van der Waals surface area contributed by atoms with Crippen LogP contribution in [0.3, 0.4) is 0 Å². The molecule has 0 spiro atoms. The van der Waals surface area contributed by atoms with E-state index >= 15 is 0 Å². The lowest BCUT2D eigenvalue weighted by Gasteiger charge is -2.32. The first-order valence-corrected chi connectivity index (χ1v) is 11.5. The Morgan fingerprint density at radius 3 is 1.73 bits per heavy atom. The van der Waals surface area contributed by atoms with E-state index < -0.39 is 36.6 Å². The fraction of sp³-hybridized carbons (Fsp3) is 0.500. The molecular formula is C24H31B2N3O4. The Kier molecular flexibility index (Phi) is 4.90. The van der Waals surface area contributed by atoms with E-state index in [0.717, 1.165) is 27.6 Å². The number of hydrogen-bond donors (Lipinski definition) is 0. The average Bonchev–Trinajstić information content (AvgIpc) is 3.31. The summed E-state index contributed by atoms with van der Waals surface area (Å²) in [5.41, 5.74) is 2.19. The summed E-state index contributed by atoms with van der Waals surface area (Å²) < 4.78 is 25.4. The van der Waals surface area contributed by atoms with Gasteiger partial charge in [0.15, 0.2) is 0 Å². The minimum Gasteiger partial charge on any atom is -0.399 e. The highest BCUT2D eigenvalue weighted by Crippen LogP contribution is 2.38. The van der Waals surface area contributed by atoms with Crippen molar-refractivity contribution < 1.29 is 18.6 Å². The van der Waals surface area contributed by atoms with Crippen LogP contribution in [0, 0.1) is 0 Å². The van der Waals surface area contributed by atoms with E-state index in [1.54, 1.807) is 4.80 Å². The molecule has 9 heteroatoms. The van der Waals surface area contributed by atoms with Gasteiger partial charge in [0.2, 0.25) is 0 Å². The van der Waals surface area contributed by atoms with Crippen molar-refractivity contribution in [3.63, 3.8) is 0 Å². The van der Waals surface area contributed by atoms with Crippen molar-refractivity contribution in [2.24, 2.45) is 0 Å². The summed E-state index contributed by atoms with van der Waals surface area (Å²) in [4.78, 5) is 1.65. The molecule has 2 aliphatic heterocycles. The highest BCUT2D eigenvalue weighted by atomic mass is 16.7. The second kappa shape index (κ2) is 7.15. The van der Waals surface area contributed by atoms with Gasteiger partial charge < -0.3 is 18.6 Å². The maximum absolute atomic E-state index is 6.39. The maximum atomic E-state index is 6.39. The van der Waals surface area contributed by atoms with Gasteiger partial charge in [0.1, 0.15) is 11.0 Å². The molecule has 1 aromatic heterocycles. The van der Waals surface area contributed by atoms with Gasteiger partial charge >= 0.3 is 14.2 Å². The molecule has 2 fully saturated rings. The van der Waals surface area contributed by atoms with E-state index in [0.29, 0.717) is 0 Å². The Hall–Kier alpha value is -2.19. The molecule has 0 N–H and O–H groups in total. The molecule has 2 aromatic carbocycles. The zero-order chi connectivity index (χ0) is 23.8. The van der Waals surface area contributed by atoms with Gasteiger partial charge in [0, 0.05) is 5.46 Å². The van der Waals surface area contributed by atoms with Gasteiger partial charge in [0.05, 0.1) is 28.1 Å². The molecule has 3 aromatic rings. The summed E-state index contributed by atoms with van der Waals surface area (Å²) in [6.07, 6.45) is 0. The highest BCUT2D eigenvalue weighted by molar-refractivity contribution is 6.68. The zero-order valence-corrected chi connectivity index (χ0v) is 20.7. The third kappa shape index (κ3) is 3.62. The molecule has 0 radical (unpaired) electrons. The number of aromatic nitrogens is 3. The number of nitrogens with zero attached hydrogens (tertiary/aromatic N) is 3. The van der Waals surface area contributed by atoms with Crippen LogP contribution in [-0.4, -0.2) is 51.6 Å². The van der Waals surface area contributed by atoms with Crippen molar-refractivity contribution in [2.75, 3.05) is 0 Å². The molecule has 2 saturated heterocycles. The fourth-order valence-corrected chi connectivity index (χ4v) is 4.01. The molecule has 0 aliphatic carbocycles. The van der Waals surface area contributed by atoms with Crippen LogP contribution in [0.4, 0.5) is 0 Å². The monoisotopic (exact) mass is 447 g/mol. The number of para-hydroxylation sites is 1. The lowest BCUT2D eigenvalue weighted by Crippen LogP contribution is -2.41. The van der Waals surface area contributed by atoms with Gasteiger partial charge in [-0.25, -0.2) is 0 Å². The summed E-state index contributed by atoms with van der Waals surface area (Å²) in [6.45, 7) is 16.4. The Labute approximate surface area is 196 Å². The normalized spacial score (nSPS) is 22.9. The van der Waals surface area contributed by atoms with E-state index in [2.05, 4.69) is 0 Å². The van der Waals surface area contributed by atoms with Crippen LogP contribution in [0.5, 0.6) is 0 Å². The van der Waals surface area contributed by atoms with Gasteiger partial charge in [-0.05, 0) is 79.1 Å². The minimum atomic E-state index is -0.583. The van der Waals surface area contributed by atoms with E-state index in [-0.39, 0.29) is 0 Å². The standard InChI is InChI=1S/C24H31B2N3O4/c1-21(2)22(3,4)31-25(30-21)16-14-18(26-32-23(5,6)24(7,8)33-26)20-19(15-16)27-29(28-20)17-12-10-9-11-13-17/h9-15H,1-8H3. The largest absolute Gasteiger partial charge is 0.497 e. The molecule has 0 unspecified atom stereocenters. The minimum absolute atomic E-state index is 0.446. The molecule has 0 atom stereocenters. The lowest BCUT2D eigenvalue weighted by molar-refractivity contribution is 0.00578. The molecule has 2 aliphatic rings. The van der Waals surface area contributed by atoms with Crippen LogP contribution in [-0.2, 0) is 18.6 Å². The van der Waals surface area contributed by atoms with Gasteiger partial charge in [-0.2, -0.15) is 4.80 Å². The zero-order valence-electron chi connectivity index (χ0n) is 20.7. The highest BCUT2D eigenvalue weighted by Gasteiger charge is 2.54. The predicted octanol–water partition coefficient (Wildman–Crippen LogP) is 3.02. The first kappa shape index (κ1) is 22.6. The number of fused-ring (bicyclic) bond motifs is 1. The van der Waals surface area contributed by atoms with Crippen LogP contribution in [0.15, 0.2) is 42.5 Å². The summed E-state index contributed by atoms with van der Waals surface area (Å²) in [5, 5.41) is 9.59. The van der Waals surface area contributed by atoms with Gasteiger partial charge in [-0.1, -0.05) is 24.3 Å². The van der Waals surface area contributed by atoms with Crippen LogP contribution < -0.4 is 10.9 Å². The molecule has 172 valence electrons. The average molecular weight is 447 g/mol. The van der Waals surface area contributed by atoms with E-state index in [1.165, 1.54) is 0 Å². The van der Waals surface area contributed by atoms with Crippen LogP contribution in [0.25, 0.3) is 16.7 Å². The van der Waals surface area contributed by atoms with Crippen molar-refractivity contribution in [2.45, 2.75) is 77.8 Å². The van der Waals surface area contributed by atoms with Gasteiger partial charge in [-0.3, -0.25) is 0 Å². The number of benzene rings is 2. The summed E-state index contributed by atoms with van der Waals surface area (Å²) in [5.74, 6) is 0. The maximum Gasteiger partial charge on any atom is 0.497 e. The number of hydrogen-bond acceptors (Lipinski definition) is 6. The molecule has 3 heterocycles. The van der Waals surface area contributed by atoms with E-state index in [9.17, 15) is 0 Å². The van der Waals surface area contributed by atoms with Crippen molar-refractivity contribution in [3.8, 4) is 5.69 Å². The van der Waals surface area contributed by atoms with E-state index in [4.69, 9.17) is 28.8 Å². The fourth-order valence-electron chi connectivity index (χ4n) is 4.01. The van der Waals surface area contributed by atoms with Gasteiger partial charge in [0.25, 0.3) is 0 Å². The smallest absolute Gasteiger partial charge is 0.399 e. The van der Waals surface area contributed by atoms with Crippen molar-refractivity contribution in [1.82, 2.24) is 15.0 Å². The summed E-state index contributed by atoms with van der Waals surface area (Å²) >= 11 is 0. The molecule has 33 heavy (non-hydrogen) atoms. The van der Waals surface area contributed by atoms with Crippen molar-refractivity contribution in [1.29, 1.82) is 0 Å². The molecule has 0 bridgehead atoms. The molecule has 0 saturated carbocycles. The Bertz CT molecular complexity index is 1180. The summed E-state index contributed by atoms with van der Waals surface area (Å²) in [7, 11) is -1.11. The molecule has 7 nitrogen and oxygen atoms in total. The summed E-state index contributed by atoms with van der Waals surface area (Å²) in [6, 6.07) is 13.9. The van der Waals surface area contributed by atoms with E-state index in [1.807, 2.05) is 97.9 Å². The Balaban J connectivity index is 1.65. The third-order valence-corrected chi connectivity index (χ3v) is 7.56. The van der Waals surface area contributed by atoms with Crippen LogP contribution >= 0.6 is 0 Å². The second-order valence-corrected chi connectivity index (χ2v) is 11.0. The predicted molar refractivity (Wildman–Crippen MR) is 130 cm³/mol. The quantitative estimate of drug-likeness (QED) is 0.576. The van der Waals surface area contributed by atoms with Crippen molar-refractivity contribution >= 4 is 36.2 Å². The molecule has 5 rings (SSSR count). The van der Waals surface area contributed by atoms with Crippen LogP contribution in [0.2, 0.25) is 0 Å². The Morgan fingerprint density at radius 1 is 0.667 bits per heavy atom. The molecule has 0 amide bonds. The van der Waals surface area contributed by atoms with Crippen LogP contribution in [0.1, 0.15) is 55.4 Å². The van der Waals surface area contributed by atoms with Gasteiger partial charge in [-0.15, -0.1) is 10.2 Å². The first-order valence-electron chi connectivity index (χ1n) is 11.5. The topological polar surface area (TPSA) is 67.6 Å². The molecular weight excluding hydrogens is 416 g/mol. The second-order valence-electron chi connectivity index (χ2n) is 11.0. The first-order chi connectivity index (χ1) is 15.3. The number of rotatable bonds is 3. The SMILES string of the molecule is CC1(C)OB(c2cc(B3OC(C)(C)C(C)(C)O3)c3nn(-c4ccccc4)nc3c2)OC1(C)C.